The van der Waals surface area contributed by atoms with Gasteiger partial charge in [0.05, 0.1) is 0 Å². The third-order valence-corrected chi connectivity index (χ3v) is 3.32. The molecule has 0 aromatic rings. The van der Waals surface area contributed by atoms with Gasteiger partial charge in [-0.3, -0.25) is 0 Å². The molecule has 100 valence electrons. The molecule has 0 saturated carbocycles. The van der Waals surface area contributed by atoms with E-state index in [1.165, 1.54) is 0 Å². The molecule has 0 aliphatic carbocycles. The Morgan fingerprint density at radius 2 is 0.438 bits per heavy atom. The van der Waals surface area contributed by atoms with Gasteiger partial charge in [0.15, 0.2) is 0 Å². The van der Waals surface area contributed by atoms with Gasteiger partial charge in [0, 0.05) is 22.2 Å². The second kappa shape index (κ2) is 5.00. The van der Waals surface area contributed by atoms with Crippen molar-refractivity contribution in [2.45, 2.75) is 77.5 Å². The maximum atomic E-state index is 5.69. The molecule has 0 unspecified atom stereocenters. The second-order valence-electron chi connectivity index (χ2n) is 6.89. The SMILES string of the molecule is CC(C)(N)C(C)(C)N.CC(C)(N)C(C)(C)N. The molecule has 0 bridgehead atoms. The van der Waals surface area contributed by atoms with E-state index >= 15 is 0 Å². The molecule has 4 heteroatoms. The summed E-state index contributed by atoms with van der Waals surface area (Å²) in [7, 11) is 0. The summed E-state index contributed by atoms with van der Waals surface area (Å²) in [5, 5.41) is 0. The van der Waals surface area contributed by atoms with Gasteiger partial charge in [-0.1, -0.05) is 0 Å². The van der Waals surface area contributed by atoms with Gasteiger partial charge in [0.1, 0.15) is 0 Å². The maximum Gasteiger partial charge on any atom is 0.0274 e. The van der Waals surface area contributed by atoms with Crippen LogP contribution in [0.15, 0.2) is 0 Å². The fraction of sp³-hybridized carbons (Fsp3) is 1.00. The Balaban J connectivity index is 0. The number of hydrogen-bond donors (Lipinski definition) is 4. The summed E-state index contributed by atoms with van der Waals surface area (Å²) < 4.78 is 0. The molecule has 0 fully saturated rings. The van der Waals surface area contributed by atoms with Gasteiger partial charge in [-0.05, 0) is 55.4 Å². The van der Waals surface area contributed by atoms with Crippen molar-refractivity contribution in [2.24, 2.45) is 22.9 Å². The van der Waals surface area contributed by atoms with E-state index < -0.39 is 0 Å². The first-order valence-corrected chi connectivity index (χ1v) is 5.65. The van der Waals surface area contributed by atoms with E-state index in [0.29, 0.717) is 0 Å². The van der Waals surface area contributed by atoms with Gasteiger partial charge in [0.25, 0.3) is 0 Å². The van der Waals surface area contributed by atoms with E-state index in [1.54, 1.807) is 0 Å². The summed E-state index contributed by atoms with van der Waals surface area (Å²) in [5.41, 5.74) is 21.6. The monoisotopic (exact) mass is 232 g/mol. The lowest BCUT2D eigenvalue weighted by Crippen LogP contribution is -2.58. The first-order chi connectivity index (χ1) is 6.50. The highest BCUT2D eigenvalue weighted by Crippen LogP contribution is 2.13. The fourth-order valence-electron chi connectivity index (χ4n) is 0. The zero-order chi connectivity index (χ0) is 14.0. The minimum atomic E-state index is -0.285. The quantitative estimate of drug-likeness (QED) is 0.568. The van der Waals surface area contributed by atoms with Crippen molar-refractivity contribution >= 4 is 0 Å². The molecule has 0 heterocycles. The highest BCUT2D eigenvalue weighted by Gasteiger charge is 2.28. The average molecular weight is 232 g/mol. The summed E-state index contributed by atoms with van der Waals surface area (Å²) in [5.74, 6) is 0. The van der Waals surface area contributed by atoms with Crippen molar-refractivity contribution in [2.75, 3.05) is 0 Å². The summed E-state index contributed by atoms with van der Waals surface area (Å²) in [6.07, 6.45) is 0. The van der Waals surface area contributed by atoms with Crippen LogP contribution in [0.4, 0.5) is 0 Å². The van der Waals surface area contributed by atoms with Gasteiger partial charge >= 0.3 is 0 Å². The van der Waals surface area contributed by atoms with E-state index in [1.807, 2.05) is 55.4 Å². The molecule has 0 spiro atoms. The number of rotatable bonds is 2. The van der Waals surface area contributed by atoms with Crippen LogP contribution in [0.1, 0.15) is 55.4 Å². The fourth-order valence-corrected chi connectivity index (χ4v) is 0. The van der Waals surface area contributed by atoms with Crippen LogP contribution in [-0.4, -0.2) is 22.2 Å². The van der Waals surface area contributed by atoms with Crippen LogP contribution in [0.2, 0.25) is 0 Å². The highest BCUT2D eigenvalue weighted by molar-refractivity contribution is 4.94. The molecule has 16 heavy (non-hydrogen) atoms. The highest BCUT2D eigenvalue weighted by atomic mass is 14.9. The van der Waals surface area contributed by atoms with Crippen molar-refractivity contribution in [3.63, 3.8) is 0 Å². The van der Waals surface area contributed by atoms with Gasteiger partial charge in [-0.25, -0.2) is 0 Å². The van der Waals surface area contributed by atoms with Crippen molar-refractivity contribution in [1.82, 2.24) is 0 Å². The second-order valence-corrected chi connectivity index (χ2v) is 6.89. The summed E-state index contributed by atoms with van der Waals surface area (Å²) in [6, 6.07) is 0. The van der Waals surface area contributed by atoms with Crippen LogP contribution in [0.25, 0.3) is 0 Å². The van der Waals surface area contributed by atoms with Crippen molar-refractivity contribution < 1.29 is 0 Å². The Bertz CT molecular complexity index is 147. The topological polar surface area (TPSA) is 104 Å². The van der Waals surface area contributed by atoms with E-state index in [2.05, 4.69) is 0 Å². The van der Waals surface area contributed by atoms with E-state index in [4.69, 9.17) is 22.9 Å². The summed E-state index contributed by atoms with van der Waals surface area (Å²) >= 11 is 0. The van der Waals surface area contributed by atoms with Crippen LogP contribution in [0.3, 0.4) is 0 Å². The number of nitrogens with two attached hydrogens (primary N) is 4. The minimum Gasteiger partial charge on any atom is -0.324 e. The van der Waals surface area contributed by atoms with Crippen LogP contribution < -0.4 is 22.9 Å². The standard InChI is InChI=1S/2C6H16N2/c2*1-5(2,7)6(3,4)8/h2*7-8H2,1-4H3. The lowest BCUT2D eigenvalue weighted by molar-refractivity contribution is 0.309. The van der Waals surface area contributed by atoms with Gasteiger partial charge < -0.3 is 22.9 Å². The number of hydrogen-bond acceptors (Lipinski definition) is 4. The Morgan fingerprint density at radius 1 is 0.375 bits per heavy atom. The third kappa shape index (κ3) is 7.17. The molecule has 0 aliphatic rings. The molecule has 0 aliphatic heterocycles. The van der Waals surface area contributed by atoms with Gasteiger partial charge in [-0.15, -0.1) is 0 Å². The van der Waals surface area contributed by atoms with Crippen molar-refractivity contribution in [1.29, 1.82) is 0 Å². The van der Waals surface area contributed by atoms with E-state index in [0.717, 1.165) is 0 Å². The molecular formula is C12H32N4. The average Bonchev–Trinajstić information content (AvgIpc) is 1.77. The zero-order valence-corrected chi connectivity index (χ0v) is 12.3. The Hall–Kier alpha value is -0.160. The molecule has 0 aromatic carbocycles. The Kier molecular flexibility index (Phi) is 5.69. The van der Waals surface area contributed by atoms with Crippen LogP contribution in [0, 0.1) is 0 Å². The van der Waals surface area contributed by atoms with Crippen LogP contribution in [-0.2, 0) is 0 Å². The zero-order valence-electron chi connectivity index (χ0n) is 12.3. The smallest absolute Gasteiger partial charge is 0.0274 e. The normalized spacial score (nSPS) is 14.2. The largest absolute Gasteiger partial charge is 0.324 e. The van der Waals surface area contributed by atoms with Crippen LogP contribution >= 0.6 is 0 Å². The first-order valence-electron chi connectivity index (χ1n) is 5.65. The summed E-state index contributed by atoms with van der Waals surface area (Å²) in [4.78, 5) is 0. The minimum absolute atomic E-state index is 0.285. The molecule has 8 N–H and O–H groups in total. The molecule has 0 aromatic heterocycles. The van der Waals surface area contributed by atoms with Crippen molar-refractivity contribution in [3.8, 4) is 0 Å². The lowest BCUT2D eigenvalue weighted by Gasteiger charge is -2.34. The van der Waals surface area contributed by atoms with E-state index in [9.17, 15) is 0 Å². The summed E-state index contributed by atoms with van der Waals surface area (Å²) in [6.45, 7) is 15.4. The maximum absolute atomic E-state index is 5.69. The molecule has 4 nitrogen and oxygen atoms in total. The molecular weight excluding hydrogens is 200 g/mol. The van der Waals surface area contributed by atoms with Crippen molar-refractivity contribution in [3.05, 3.63) is 0 Å². The van der Waals surface area contributed by atoms with Crippen LogP contribution in [0.5, 0.6) is 0 Å². The van der Waals surface area contributed by atoms with Gasteiger partial charge in [0.2, 0.25) is 0 Å². The predicted molar refractivity (Wildman–Crippen MR) is 73.1 cm³/mol. The molecule has 0 radical (unpaired) electrons. The molecule has 0 rings (SSSR count). The Labute approximate surface area is 101 Å². The predicted octanol–water partition coefficient (Wildman–Crippen LogP) is 0.922. The first kappa shape index (κ1) is 18.2. The third-order valence-electron chi connectivity index (χ3n) is 3.32. The Morgan fingerprint density at radius 3 is 0.438 bits per heavy atom. The van der Waals surface area contributed by atoms with E-state index in [-0.39, 0.29) is 22.2 Å². The molecule has 0 atom stereocenters. The lowest BCUT2D eigenvalue weighted by atomic mass is 9.85. The molecule has 0 saturated heterocycles. The molecule has 0 amide bonds. The van der Waals surface area contributed by atoms with Gasteiger partial charge in [-0.2, -0.15) is 0 Å².